The van der Waals surface area contributed by atoms with Crippen LogP contribution in [0.4, 0.5) is 4.39 Å². The topological polar surface area (TPSA) is 46.3 Å². The summed E-state index contributed by atoms with van der Waals surface area (Å²) in [6.07, 6.45) is 0.930. The van der Waals surface area contributed by atoms with Crippen molar-refractivity contribution in [2.45, 2.75) is 32.7 Å². The Morgan fingerprint density at radius 2 is 1.70 bits per heavy atom. The first kappa shape index (κ1) is 18.8. The van der Waals surface area contributed by atoms with Crippen molar-refractivity contribution in [3.8, 4) is 0 Å². The second-order valence-electron chi connectivity index (χ2n) is 6.67. The summed E-state index contributed by atoms with van der Waals surface area (Å²) in [5.41, 5.74) is 3.66. The molecule has 0 aliphatic heterocycles. The predicted octanol–water partition coefficient (Wildman–Crippen LogP) is 4.61. The standard InChI is InChI=1S/C22H23FN2O2/c1-15-20(16(2)27-24-15)13-14-21(26)25(3)22(17-7-5-4-6-8-17)18-9-11-19(23)12-10-18/h4-12,22H,13-14H2,1-3H3. The van der Waals surface area contributed by atoms with Crippen LogP contribution in [-0.2, 0) is 11.2 Å². The Kier molecular flexibility index (Phi) is 5.69. The third-order valence-corrected chi connectivity index (χ3v) is 4.85. The van der Waals surface area contributed by atoms with Gasteiger partial charge in [-0.2, -0.15) is 0 Å². The van der Waals surface area contributed by atoms with E-state index in [4.69, 9.17) is 4.52 Å². The SMILES string of the molecule is Cc1noc(C)c1CCC(=O)N(C)C(c1ccccc1)c1ccc(F)cc1. The number of hydrogen-bond acceptors (Lipinski definition) is 3. The van der Waals surface area contributed by atoms with E-state index in [0.29, 0.717) is 12.8 Å². The minimum absolute atomic E-state index is 0.00757. The van der Waals surface area contributed by atoms with Crippen LogP contribution in [0, 0.1) is 19.7 Å². The van der Waals surface area contributed by atoms with Gasteiger partial charge in [0.1, 0.15) is 11.6 Å². The highest BCUT2D eigenvalue weighted by Crippen LogP contribution is 2.28. The van der Waals surface area contributed by atoms with E-state index in [0.717, 1.165) is 28.1 Å². The molecule has 0 spiro atoms. The highest BCUT2D eigenvalue weighted by atomic mass is 19.1. The lowest BCUT2D eigenvalue weighted by Gasteiger charge is -2.29. The number of aryl methyl sites for hydroxylation is 2. The molecular weight excluding hydrogens is 343 g/mol. The average Bonchev–Trinajstić information content (AvgIpc) is 3.00. The van der Waals surface area contributed by atoms with E-state index in [9.17, 15) is 9.18 Å². The molecule has 0 fully saturated rings. The molecule has 1 atom stereocenters. The predicted molar refractivity (Wildman–Crippen MR) is 102 cm³/mol. The van der Waals surface area contributed by atoms with Gasteiger partial charge in [-0.3, -0.25) is 4.79 Å². The van der Waals surface area contributed by atoms with Gasteiger partial charge < -0.3 is 9.42 Å². The Hall–Kier alpha value is -2.95. The zero-order valence-electron chi connectivity index (χ0n) is 15.8. The van der Waals surface area contributed by atoms with Crippen LogP contribution in [0.25, 0.3) is 0 Å². The third kappa shape index (κ3) is 4.25. The Balaban J connectivity index is 1.83. The Labute approximate surface area is 158 Å². The molecule has 1 amide bonds. The second kappa shape index (κ2) is 8.16. The summed E-state index contributed by atoms with van der Waals surface area (Å²) in [6, 6.07) is 15.8. The molecule has 1 heterocycles. The summed E-state index contributed by atoms with van der Waals surface area (Å²) in [4.78, 5) is 14.6. The fourth-order valence-corrected chi connectivity index (χ4v) is 3.33. The molecule has 0 aliphatic carbocycles. The van der Waals surface area contributed by atoms with Crippen molar-refractivity contribution in [3.63, 3.8) is 0 Å². The maximum Gasteiger partial charge on any atom is 0.223 e. The van der Waals surface area contributed by atoms with E-state index in [2.05, 4.69) is 5.16 Å². The first-order valence-electron chi connectivity index (χ1n) is 8.95. The maximum absolute atomic E-state index is 13.4. The van der Waals surface area contributed by atoms with Crippen LogP contribution in [0.15, 0.2) is 59.1 Å². The molecule has 4 nitrogen and oxygen atoms in total. The summed E-state index contributed by atoms with van der Waals surface area (Å²) >= 11 is 0. The lowest BCUT2D eigenvalue weighted by molar-refractivity contribution is -0.131. The van der Waals surface area contributed by atoms with Gasteiger partial charge in [0.25, 0.3) is 0 Å². The molecule has 0 aliphatic rings. The van der Waals surface area contributed by atoms with E-state index in [1.807, 2.05) is 44.2 Å². The van der Waals surface area contributed by atoms with Crippen LogP contribution in [-0.4, -0.2) is 23.0 Å². The molecule has 27 heavy (non-hydrogen) atoms. The van der Waals surface area contributed by atoms with Crippen molar-refractivity contribution in [3.05, 3.63) is 88.6 Å². The molecule has 0 bridgehead atoms. The molecule has 140 valence electrons. The Bertz CT molecular complexity index is 884. The van der Waals surface area contributed by atoms with Crippen LogP contribution >= 0.6 is 0 Å². The monoisotopic (exact) mass is 366 g/mol. The molecule has 2 aromatic carbocycles. The molecule has 5 heteroatoms. The van der Waals surface area contributed by atoms with Crippen LogP contribution in [0.5, 0.6) is 0 Å². The highest BCUT2D eigenvalue weighted by Gasteiger charge is 2.24. The summed E-state index contributed by atoms with van der Waals surface area (Å²) < 4.78 is 18.5. The zero-order chi connectivity index (χ0) is 19.4. The number of amides is 1. The molecule has 3 aromatic rings. The van der Waals surface area contributed by atoms with Gasteiger partial charge in [-0.25, -0.2) is 4.39 Å². The average molecular weight is 366 g/mol. The lowest BCUT2D eigenvalue weighted by atomic mass is 9.96. The number of benzene rings is 2. The number of halogens is 1. The summed E-state index contributed by atoms with van der Waals surface area (Å²) in [7, 11) is 1.79. The van der Waals surface area contributed by atoms with E-state index < -0.39 is 0 Å². The van der Waals surface area contributed by atoms with Gasteiger partial charge in [0.2, 0.25) is 5.91 Å². The Morgan fingerprint density at radius 1 is 1.07 bits per heavy atom. The largest absolute Gasteiger partial charge is 0.361 e. The number of carbonyl (C=O) groups excluding carboxylic acids is 1. The van der Waals surface area contributed by atoms with Gasteiger partial charge in [-0.1, -0.05) is 47.6 Å². The number of rotatable bonds is 6. The third-order valence-electron chi connectivity index (χ3n) is 4.85. The van der Waals surface area contributed by atoms with Crippen molar-refractivity contribution in [2.75, 3.05) is 7.05 Å². The smallest absolute Gasteiger partial charge is 0.223 e. The van der Waals surface area contributed by atoms with Gasteiger partial charge in [0.05, 0.1) is 11.7 Å². The second-order valence-corrected chi connectivity index (χ2v) is 6.67. The maximum atomic E-state index is 13.4. The quantitative estimate of drug-likeness (QED) is 0.640. The number of aromatic nitrogens is 1. The van der Waals surface area contributed by atoms with Crippen LogP contribution < -0.4 is 0 Å². The lowest BCUT2D eigenvalue weighted by Crippen LogP contribution is -2.32. The summed E-state index contributed by atoms with van der Waals surface area (Å²) in [5, 5.41) is 3.94. The first-order chi connectivity index (χ1) is 13.0. The normalized spacial score (nSPS) is 12.0. The van der Waals surface area contributed by atoms with Crippen molar-refractivity contribution in [2.24, 2.45) is 0 Å². The number of carbonyl (C=O) groups is 1. The van der Waals surface area contributed by atoms with Crippen LogP contribution in [0.3, 0.4) is 0 Å². The summed E-state index contributed by atoms with van der Waals surface area (Å²) in [5.74, 6) is 0.465. The van der Waals surface area contributed by atoms with Crippen molar-refractivity contribution >= 4 is 5.91 Å². The van der Waals surface area contributed by atoms with E-state index in [1.165, 1.54) is 12.1 Å². The first-order valence-corrected chi connectivity index (χ1v) is 8.95. The molecule has 0 saturated carbocycles. The molecule has 0 radical (unpaired) electrons. The zero-order valence-corrected chi connectivity index (χ0v) is 15.8. The van der Waals surface area contributed by atoms with E-state index in [-0.39, 0.29) is 17.8 Å². The fourth-order valence-electron chi connectivity index (χ4n) is 3.33. The van der Waals surface area contributed by atoms with Gasteiger partial charge >= 0.3 is 0 Å². The summed E-state index contributed by atoms with van der Waals surface area (Å²) in [6.45, 7) is 3.74. The molecule has 0 N–H and O–H groups in total. The van der Waals surface area contributed by atoms with Gasteiger partial charge in [0.15, 0.2) is 0 Å². The van der Waals surface area contributed by atoms with Crippen molar-refractivity contribution in [1.29, 1.82) is 0 Å². The minimum Gasteiger partial charge on any atom is -0.361 e. The van der Waals surface area contributed by atoms with Crippen molar-refractivity contribution in [1.82, 2.24) is 10.1 Å². The Morgan fingerprint density at radius 3 is 2.30 bits per heavy atom. The number of nitrogens with zero attached hydrogens (tertiary/aromatic N) is 2. The molecule has 1 unspecified atom stereocenters. The van der Waals surface area contributed by atoms with Crippen LogP contribution in [0.1, 0.15) is 40.6 Å². The van der Waals surface area contributed by atoms with E-state index in [1.54, 1.807) is 24.1 Å². The fraction of sp³-hybridized carbons (Fsp3) is 0.273. The molecular formula is C22H23FN2O2. The molecule has 0 saturated heterocycles. The van der Waals surface area contributed by atoms with Gasteiger partial charge in [0, 0.05) is 19.0 Å². The van der Waals surface area contributed by atoms with Gasteiger partial charge in [-0.05, 0) is 43.5 Å². The highest BCUT2D eigenvalue weighted by molar-refractivity contribution is 5.77. The van der Waals surface area contributed by atoms with Gasteiger partial charge in [-0.15, -0.1) is 0 Å². The molecule has 3 rings (SSSR count). The van der Waals surface area contributed by atoms with Crippen LogP contribution in [0.2, 0.25) is 0 Å². The van der Waals surface area contributed by atoms with E-state index >= 15 is 0 Å². The number of hydrogen-bond donors (Lipinski definition) is 0. The minimum atomic E-state index is -0.294. The molecule has 1 aromatic heterocycles. The van der Waals surface area contributed by atoms with Crippen molar-refractivity contribution < 1.29 is 13.7 Å².